The number of carbonyl (C=O) groups is 1. The first kappa shape index (κ1) is 23.0. The van der Waals surface area contributed by atoms with E-state index in [0.717, 1.165) is 50.9 Å². The molecule has 2 heterocycles. The molecule has 4 aromatic rings. The van der Waals surface area contributed by atoms with Crippen LogP contribution in [0.4, 0.5) is 10.1 Å². The highest BCUT2D eigenvalue weighted by molar-refractivity contribution is 7.18. The summed E-state index contributed by atoms with van der Waals surface area (Å²) in [5.74, 6) is 0.893. The number of fused-ring (bicyclic) bond motifs is 1. The lowest BCUT2D eigenvalue weighted by Crippen LogP contribution is -2.08. The Balaban J connectivity index is 1.72. The van der Waals surface area contributed by atoms with Gasteiger partial charge in [0.25, 0.3) is 0 Å². The lowest BCUT2D eigenvalue weighted by Gasteiger charge is -2.13. The van der Waals surface area contributed by atoms with Crippen molar-refractivity contribution in [3.8, 4) is 22.6 Å². The number of furan rings is 1. The first-order valence-electron chi connectivity index (χ1n) is 10.2. The Bertz CT molecular complexity index is 1420. The Labute approximate surface area is 198 Å². The van der Waals surface area contributed by atoms with Crippen molar-refractivity contribution < 1.29 is 23.6 Å². The molecule has 0 spiro atoms. The third-order valence-corrected chi connectivity index (χ3v) is 6.19. The second-order valence-electron chi connectivity index (χ2n) is 7.41. The summed E-state index contributed by atoms with van der Waals surface area (Å²) in [5.41, 5.74) is 4.73. The van der Waals surface area contributed by atoms with Crippen molar-refractivity contribution in [2.24, 2.45) is 0 Å². The zero-order chi connectivity index (χ0) is 24.4. The van der Waals surface area contributed by atoms with Gasteiger partial charge < -0.3 is 13.9 Å². The van der Waals surface area contributed by atoms with Crippen LogP contribution in [0.25, 0.3) is 27.7 Å². The van der Waals surface area contributed by atoms with Gasteiger partial charge in [-0.1, -0.05) is 12.1 Å². The number of benzene rings is 2. The van der Waals surface area contributed by atoms with Crippen LogP contribution < -0.4 is 14.8 Å². The van der Waals surface area contributed by atoms with E-state index in [1.165, 1.54) is 6.08 Å². The molecule has 0 unspecified atom stereocenters. The number of rotatable bonds is 7. The molecule has 4 rings (SSSR count). The van der Waals surface area contributed by atoms with Crippen molar-refractivity contribution in [3.63, 3.8) is 0 Å². The number of ether oxygens (including phenoxy) is 2. The van der Waals surface area contributed by atoms with Gasteiger partial charge in [0.15, 0.2) is 5.13 Å². The van der Waals surface area contributed by atoms with Gasteiger partial charge in [-0.25, -0.2) is 4.98 Å². The monoisotopic (exact) mass is 479 g/mol. The molecule has 10 heteroatoms. The molecule has 34 heavy (non-hydrogen) atoms. The van der Waals surface area contributed by atoms with Gasteiger partial charge in [-0.05, 0) is 54.5 Å². The Morgan fingerprint density at radius 2 is 1.97 bits per heavy atom. The molecule has 0 bridgehead atoms. The van der Waals surface area contributed by atoms with Crippen molar-refractivity contribution in [3.05, 3.63) is 70.1 Å². The lowest BCUT2D eigenvalue weighted by molar-refractivity contribution is -0.380. The second kappa shape index (κ2) is 9.36. The molecular formula is C24H21N3O6S. The van der Waals surface area contributed by atoms with Crippen molar-refractivity contribution in [1.29, 1.82) is 0 Å². The van der Waals surface area contributed by atoms with Gasteiger partial charge >= 0.3 is 5.00 Å². The van der Waals surface area contributed by atoms with E-state index in [1.54, 1.807) is 27.4 Å². The standard InChI is InChI=1S/C24H21N3O6S/c1-13(9-20(28)26-24-25-11-21(34-24)27(29)30)17-10-18-19(15-5-7-16(31-3)8-6-15)12-33-23(18)14(2)22(17)32-4/h5-12H,1-4H3,(H,25,26,28)/b13-9+. The maximum Gasteiger partial charge on any atom is 0.345 e. The maximum absolute atomic E-state index is 12.6. The third kappa shape index (κ3) is 4.35. The maximum atomic E-state index is 12.6. The molecule has 0 aliphatic heterocycles. The fourth-order valence-corrected chi connectivity index (χ4v) is 4.32. The van der Waals surface area contributed by atoms with Crippen LogP contribution in [0.1, 0.15) is 18.1 Å². The van der Waals surface area contributed by atoms with E-state index in [1.807, 2.05) is 37.3 Å². The highest BCUT2D eigenvalue weighted by Crippen LogP contribution is 2.40. The van der Waals surface area contributed by atoms with Crippen molar-refractivity contribution in [1.82, 2.24) is 4.98 Å². The van der Waals surface area contributed by atoms with E-state index >= 15 is 0 Å². The van der Waals surface area contributed by atoms with Gasteiger partial charge in [-0.15, -0.1) is 0 Å². The highest BCUT2D eigenvalue weighted by Gasteiger charge is 2.19. The van der Waals surface area contributed by atoms with Crippen molar-refractivity contribution in [2.45, 2.75) is 13.8 Å². The molecule has 1 N–H and O–H groups in total. The third-order valence-electron chi connectivity index (χ3n) is 5.33. The van der Waals surface area contributed by atoms with Crippen LogP contribution in [0.5, 0.6) is 11.5 Å². The lowest BCUT2D eigenvalue weighted by atomic mass is 9.96. The summed E-state index contributed by atoms with van der Waals surface area (Å²) < 4.78 is 16.8. The number of aromatic nitrogens is 1. The first-order valence-corrected chi connectivity index (χ1v) is 11.0. The fraction of sp³-hybridized carbons (Fsp3) is 0.167. The summed E-state index contributed by atoms with van der Waals surface area (Å²) in [4.78, 5) is 26.7. The van der Waals surface area contributed by atoms with Crippen LogP contribution in [0, 0.1) is 17.0 Å². The second-order valence-corrected chi connectivity index (χ2v) is 8.42. The van der Waals surface area contributed by atoms with Crippen LogP contribution in [0.3, 0.4) is 0 Å². The quantitative estimate of drug-likeness (QED) is 0.201. The molecule has 0 atom stereocenters. The molecule has 0 saturated heterocycles. The Morgan fingerprint density at radius 3 is 2.59 bits per heavy atom. The molecule has 174 valence electrons. The van der Waals surface area contributed by atoms with Crippen LogP contribution in [0.2, 0.25) is 0 Å². The van der Waals surface area contributed by atoms with E-state index in [4.69, 9.17) is 13.9 Å². The van der Waals surface area contributed by atoms with Gasteiger partial charge in [0, 0.05) is 28.2 Å². The van der Waals surface area contributed by atoms with Crippen LogP contribution in [-0.2, 0) is 4.79 Å². The summed E-state index contributed by atoms with van der Waals surface area (Å²) >= 11 is 0.790. The number of thiazole rings is 1. The number of nitro groups is 1. The molecule has 0 radical (unpaired) electrons. The molecular weight excluding hydrogens is 458 g/mol. The minimum absolute atomic E-state index is 0.148. The number of allylic oxidation sites excluding steroid dienone is 1. The SMILES string of the molecule is COc1ccc(-c2coc3c(C)c(OC)c(/C(C)=C/C(=O)Nc4ncc([N+](=O)[O-])s4)cc23)cc1. The van der Waals surface area contributed by atoms with Gasteiger partial charge in [-0.3, -0.25) is 20.2 Å². The Hall–Kier alpha value is -4.18. The molecule has 0 aliphatic carbocycles. The number of hydrogen-bond donors (Lipinski definition) is 1. The Morgan fingerprint density at radius 1 is 1.24 bits per heavy atom. The van der Waals surface area contributed by atoms with Crippen molar-refractivity contribution in [2.75, 3.05) is 19.5 Å². The summed E-state index contributed by atoms with van der Waals surface area (Å²) in [6.07, 6.45) is 4.21. The zero-order valence-corrected chi connectivity index (χ0v) is 19.7. The molecule has 9 nitrogen and oxygen atoms in total. The van der Waals surface area contributed by atoms with Gasteiger partial charge in [0.1, 0.15) is 23.3 Å². The normalized spacial score (nSPS) is 11.5. The molecule has 1 amide bonds. The molecule has 0 aliphatic rings. The summed E-state index contributed by atoms with van der Waals surface area (Å²) in [6.45, 7) is 3.69. The number of aryl methyl sites for hydroxylation is 1. The average Bonchev–Trinajstić information content (AvgIpc) is 3.46. The highest BCUT2D eigenvalue weighted by atomic mass is 32.1. The summed E-state index contributed by atoms with van der Waals surface area (Å²) in [5, 5.41) is 14.3. The summed E-state index contributed by atoms with van der Waals surface area (Å²) in [6, 6.07) is 9.59. The fourth-order valence-electron chi connectivity index (χ4n) is 3.69. The molecule has 2 aromatic heterocycles. The molecule has 2 aromatic carbocycles. The molecule has 0 saturated carbocycles. The van der Waals surface area contributed by atoms with Crippen LogP contribution in [-0.4, -0.2) is 30.0 Å². The number of anilines is 1. The van der Waals surface area contributed by atoms with Gasteiger partial charge in [-0.2, -0.15) is 0 Å². The average molecular weight is 480 g/mol. The number of hydrogen-bond acceptors (Lipinski definition) is 8. The number of nitrogens with one attached hydrogen (secondary N) is 1. The van der Waals surface area contributed by atoms with E-state index in [9.17, 15) is 14.9 Å². The number of nitrogens with zero attached hydrogens (tertiary/aromatic N) is 2. The van der Waals surface area contributed by atoms with Crippen molar-refractivity contribution >= 4 is 43.9 Å². The minimum Gasteiger partial charge on any atom is -0.497 e. The minimum atomic E-state index is -0.553. The molecule has 0 fully saturated rings. The largest absolute Gasteiger partial charge is 0.497 e. The van der Waals surface area contributed by atoms with Crippen LogP contribution in [0.15, 0.2) is 53.3 Å². The van der Waals surface area contributed by atoms with Crippen LogP contribution >= 0.6 is 11.3 Å². The van der Waals surface area contributed by atoms with E-state index in [0.29, 0.717) is 16.9 Å². The first-order chi connectivity index (χ1) is 16.3. The zero-order valence-electron chi connectivity index (χ0n) is 18.9. The number of methoxy groups -OCH3 is 2. The van der Waals surface area contributed by atoms with E-state index < -0.39 is 10.8 Å². The Kier molecular flexibility index (Phi) is 6.33. The van der Waals surface area contributed by atoms with E-state index in [2.05, 4.69) is 10.3 Å². The predicted molar refractivity (Wildman–Crippen MR) is 131 cm³/mol. The van der Waals surface area contributed by atoms with E-state index in [-0.39, 0.29) is 10.1 Å². The predicted octanol–water partition coefficient (Wildman–Crippen LogP) is 5.83. The smallest absolute Gasteiger partial charge is 0.345 e. The van der Waals surface area contributed by atoms with Gasteiger partial charge in [0.2, 0.25) is 5.91 Å². The topological polar surface area (TPSA) is 117 Å². The van der Waals surface area contributed by atoms with Gasteiger partial charge in [0.05, 0.1) is 25.4 Å². The number of carbonyl (C=O) groups excluding carboxylic acids is 1. The summed E-state index contributed by atoms with van der Waals surface area (Å²) in [7, 11) is 3.18. The number of amides is 1.